The van der Waals surface area contributed by atoms with Gasteiger partial charge in [-0.1, -0.05) is 6.42 Å². The highest BCUT2D eigenvalue weighted by Gasteiger charge is 2.31. The number of halogens is 1. The van der Waals surface area contributed by atoms with Crippen molar-refractivity contribution in [1.29, 1.82) is 0 Å². The van der Waals surface area contributed by atoms with Gasteiger partial charge in [0.15, 0.2) is 0 Å². The van der Waals surface area contributed by atoms with E-state index in [0.717, 1.165) is 11.3 Å². The van der Waals surface area contributed by atoms with Crippen LogP contribution in [0.1, 0.15) is 43.4 Å². The van der Waals surface area contributed by atoms with Crippen LogP contribution >= 0.6 is 23.4 Å². The Morgan fingerprint density at radius 3 is 3.05 bits per heavy atom. The van der Waals surface area contributed by atoms with Crippen molar-refractivity contribution in [3.63, 3.8) is 0 Å². The molecular formula is C14H18ClN3S. The summed E-state index contributed by atoms with van der Waals surface area (Å²) in [5.41, 5.74) is 2.13. The SMILES string of the molecule is CSC1CCCC1n1c(C(C)Cl)nc2cnccc21. The average Bonchev–Trinajstić information content (AvgIpc) is 3.01. The predicted molar refractivity (Wildman–Crippen MR) is 82.0 cm³/mol. The van der Waals surface area contributed by atoms with Crippen LogP contribution in [0.5, 0.6) is 0 Å². The third kappa shape index (κ3) is 2.25. The highest BCUT2D eigenvalue weighted by atomic mass is 35.5. The minimum Gasteiger partial charge on any atom is -0.322 e. The third-order valence-electron chi connectivity index (χ3n) is 3.93. The van der Waals surface area contributed by atoms with E-state index in [1.165, 1.54) is 24.8 Å². The molecule has 0 aromatic carbocycles. The van der Waals surface area contributed by atoms with Gasteiger partial charge in [-0.2, -0.15) is 11.8 Å². The van der Waals surface area contributed by atoms with E-state index in [4.69, 9.17) is 11.6 Å². The number of rotatable bonds is 3. The van der Waals surface area contributed by atoms with Gasteiger partial charge in [0.25, 0.3) is 0 Å². The van der Waals surface area contributed by atoms with Crippen molar-refractivity contribution in [2.75, 3.05) is 6.26 Å². The molecular weight excluding hydrogens is 278 g/mol. The topological polar surface area (TPSA) is 30.7 Å². The number of aromatic nitrogens is 3. The maximum absolute atomic E-state index is 6.34. The number of nitrogens with zero attached hydrogens (tertiary/aromatic N) is 3. The maximum Gasteiger partial charge on any atom is 0.128 e. The van der Waals surface area contributed by atoms with E-state index in [9.17, 15) is 0 Å². The summed E-state index contributed by atoms with van der Waals surface area (Å²) < 4.78 is 2.36. The van der Waals surface area contributed by atoms with Crippen molar-refractivity contribution in [1.82, 2.24) is 14.5 Å². The van der Waals surface area contributed by atoms with Crippen molar-refractivity contribution in [3.05, 3.63) is 24.3 Å². The molecule has 1 aliphatic rings. The van der Waals surface area contributed by atoms with Gasteiger partial charge in [0, 0.05) is 17.5 Å². The lowest BCUT2D eigenvalue weighted by molar-refractivity contribution is 0.520. The Morgan fingerprint density at radius 1 is 1.47 bits per heavy atom. The Morgan fingerprint density at radius 2 is 2.32 bits per heavy atom. The first-order chi connectivity index (χ1) is 9.22. The lowest BCUT2D eigenvalue weighted by Gasteiger charge is -2.23. The van der Waals surface area contributed by atoms with Crippen LogP contribution in [0.2, 0.25) is 0 Å². The fraction of sp³-hybridized carbons (Fsp3) is 0.571. The monoisotopic (exact) mass is 295 g/mol. The minimum absolute atomic E-state index is 0.0736. The molecule has 0 radical (unpaired) electrons. The molecule has 1 fully saturated rings. The molecule has 0 aliphatic heterocycles. The molecule has 3 atom stereocenters. The van der Waals surface area contributed by atoms with E-state index < -0.39 is 0 Å². The molecule has 2 aromatic heterocycles. The summed E-state index contributed by atoms with van der Waals surface area (Å²) in [6.07, 6.45) is 9.66. The first-order valence-electron chi connectivity index (χ1n) is 6.71. The van der Waals surface area contributed by atoms with Gasteiger partial charge >= 0.3 is 0 Å². The largest absolute Gasteiger partial charge is 0.322 e. The van der Waals surface area contributed by atoms with Gasteiger partial charge in [0.05, 0.1) is 17.1 Å². The van der Waals surface area contributed by atoms with Crippen LogP contribution in [-0.2, 0) is 0 Å². The first-order valence-corrected chi connectivity index (χ1v) is 8.43. The van der Waals surface area contributed by atoms with E-state index in [1.807, 2.05) is 31.1 Å². The van der Waals surface area contributed by atoms with Crippen molar-refractivity contribution >= 4 is 34.4 Å². The summed E-state index contributed by atoms with van der Waals surface area (Å²) >= 11 is 8.30. The van der Waals surface area contributed by atoms with Crippen molar-refractivity contribution in [2.24, 2.45) is 0 Å². The lowest BCUT2D eigenvalue weighted by Crippen LogP contribution is -2.18. The Labute approximate surface area is 122 Å². The third-order valence-corrected chi connectivity index (χ3v) is 5.28. The van der Waals surface area contributed by atoms with E-state index in [2.05, 4.69) is 26.9 Å². The smallest absolute Gasteiger partial charge is 0.128 e. The zero-order chi connectivity index (χ0) is 13.4. The molecule has 0 spiro atoms. The van der Waals surface area contributed by atoms with Gasteiger partial charge in [-0.15, -0.1) is 11.6 Å². The number of hydrogen-bond acceptors (Lipinski definition) is 3. The van der Waals surface area contributed by atoms with Gasteiger partial charge in [0.1, 0.15) is 11.3 Å². The van der Waals surface area contributed by atoms with Crippen LogP contribution in [0.25, 0.3) is 11.0 Å². The molecule has 2 heterocycles. The molecule has 19 heavy (non-hydrogen) atoms. The number of alkyl halides is 1. The van der Waals surface area contributed by atoms with Gasteiger partial charge in [-0.25, -0.2) is 4.98 Å². The van der Waals surface area contributed by atoms with Crippen molar-refractivity contribution < 1.29 is 0 Å². The maximum atomic E-state index is 6.34. The Hall–Kier alpha value is -0.740. The fourth-order valence-electron chi connectivity index (χ4n) is 3.08. The van der Waals surface area contributed by atoms with E-state index in [-0.39, 0.29) is 5.38 Å². The lowest BCUT2D eigenvalue weighted by atomic mass is 10.2. The van der Waals surface area contributed by atoms with Crippen molar-refractivity contribution in [3.8, 4) is 0 Å². The van der Waals surface area contributed by atoms with Gasteiger partial charge in [0.2, 0.25) is 0 Å². The number of pyridine rings is 1. The standard InChI is InChI=1S/C14H18ClN3S/c1-9(15)14-17-10-8-16-7-6-11(10)18(14)12-4-3-5-13(12)19-2/h6-9,12-13H,3-5H2,1-2H3. The number of fused-ring (bicyclic) bond motifs is 1. The van der Waals surface area contributed by atoms with Crippen LogP contribution in [0.15, 0.2) is 18.5 Å². The molecule has 3 nitrogen and oxygen atoms in total. The summed E-state index contributed by atoms with van der Waals surface area (Å²) in [6, 6.07) is 2.57. The number of hydrogen-bond donors (Lipinski definition) is 0. The van der Waals surface area contributed by atoms with E-state index >= 15 is 0 Å². The fourth-order valence-corrected chi connectivity index (χ4v) is 4.20. The van der Waals surface area contributed by atoms with Crippen LogP contribution in [0.4, 0.5) is 0 Å². The summed E-state index contributed by atoms with van der Waals surface area (Å²) in [7, 11) is 0. The molecule has 1 saturated carbocycles. The van der Waals surface area contributed by atoms with Gasteiger partial charge in [-0.05, 0) is 32.1 Å². The molecule has 0 bridgehead atoms. The van der Waals surface area contributed by atoms with Crippen LogP contribution in [0.3, 0.4) is 0 Å². The highest BCUT2D eigenvalue weighted by molar-refractivity contribution is 7.99. The number of imidazole rings is 1. The average molecular weight is 296 g/mol. The molecule has 1 aliphatic carbocycles. The second-order valence-corrected chi connectivity index (χ2v) is 6.82. The van der Waals surface area contributed by atoms with Crippen LogP contribution in [-0.4, -0.2) is 26.0 Å². The Kier molecular flexibility index (Phi) is 3.72. The zero-order valence-corrected chi connectivity index (χ0v) is 12.8. The molecule has 5 heteroatoms. The summed E-state index contributed by atoms with van der Waals surface area (Å²) in [4.78, 5) is 8.85. The van der Waals surface area contributed by atoms with Crippen LogP contribution < -0.4 is 0 Å². The second-order valence-electron chi connectivity index (χ2n) is 5.09. The summed E-state index contributed by atoms with van der Waals surface area (Å²) in [5, 5.41) is 0.593. The number of thioether (sulfide) groups is 1. The zero-order valence-electron chi connectivity index (χ0n) is 11.2. The van der Waals surface area contributed by atoms with Gasteiger partial charge < -0.3 is 4.57 Å². The van der Waals surface area contributed by atoms with E-state index in [1.54, 1.807) is 0 Å². The first kappa shape index (κ1) is 13.3. The molecule has 2 aromatic rings. The molecule has 0 N–H and O–H groups in total. The van der Waals surface area contributed by atoms with Crippen molar-refractivity contribution in [2.45, 2.75) is 42.9 Å². The Bertz CT molecular complexity index is 581. The highest BCUT2D eigenvalue weighted by Crippen LogP contribution is 2.41. The minimum atomic E-state index is -0.0736. The summed E-state index contributed by atoms with van der Waals surface area (Å²) in [6.45, 7) is 2.00. The Balaban J connectivity index is 2.17. The van der Waals surface area contributed by atoms with E-state index in [0.29, 0.717) is 11.3 Å². The normalized spacial score (nSPS) is 25.0. The molecule has 0 saturated heterocycles. The predicted octanol–water partition coefficient (Wildman–Crippen LogP) is 4.19. The summed E-state index contributed by atoms with van der Waals surface area (Å²) in [5.74, 6) is 0.982. The molecule has 102 valence electrons. The second kappa shape index (κ2) is 5.33. The molecule has 3 unspecified atom stereocenters. The molecule has 3 rings (SSSR count). The molecule has 0 amide bonds. The van der Waals surface area contributed by atoms with Gasteiger partial charge in [-0.3, -0.25) is 4.98 Å². The quantitative estimate of drug-likeness (QED) is 0.796. The van der Waals surface area contributed by atoms with Crippen LogP contribution in [0, 0.1) is 0 Å².